The molecule has 3 rings (SSSR count). The number of benzene rings is 1. The minimum absolute atomic E-state index is 0.128. The van der Waals surface area contributed by atoms with E-state index in [2.05, 4.69) is 15.2 Å². The molecule has 3 N–H and O–H groups in total. The number of pyridine rings is 1. The highest BCUT2D eigenvalue weighted by Gasteiger charge is 2.23. The number of rotatable bonds is 5. The van der Waals surface area contributed by atoms with Crippen LogP contribution in [0, 0.1) is 0 Å². The lowest BCUT2D eigenvalue weighted by Crippen LogP contribution is -2.44. The molecular weight excluding hydrogens is 352 g/mol. The second-order valence-corrected chi connectivity index (χ2v) is 6.83. The van der Waals surface area contributed by atoms with Gasteiger partial charge in [0.15, 0.2) is 0 Å². The molecule has 1 aromatic heterocycles. The third-order valence-electron chi connectivity index (χ3n) is 4.60. The van der Waals surface area contributed by atoms with Crippen molar-refractivity contribution in [1.82, 2.24) is 15.2 Å². The molecule has 0 aliphatic carbocycles. The van der Waals surface area contributed by atoms with Crippen molar-refractivity contribution in [3.05, 3.63) is 52.8 Å². The van der Waals surface area contributed by atoms with Gasteiger partial charge in [-0.05, 0) is 31.0 Å². The molecule has 0 saturated carbocycles. The lowest BCUT2D eigenvalue weighted by Gasteiger charge is -2.32. The summed E-state index contributed by atoms with van der Waals surface area (Å²) in [5, 5.41) is 3.43. The van der Waals surface area contributed by atoms with Crippen LogP contribution < -0.4 is 15.8 Å². The third-order valence-corrected chi connectivity index (χ3v) is 4.93. The van der Waals surface area contributed by atoms with Gasteiger partial charge in [-0.3, -0.25) is 14.7 Å². The number of nitrogens with zero attached hydrogens (tertiary/aromatic N) is 2. The number of nitrogen functional groups attached to an aromatic ring is 1. The lowest BCUT2D eigenvalue weighted by atomic mass is 10.0. The van der Waals surface area contributed by atoms with Crippen molar-refractivity contribution in [2.24, 2.45) is 0 Å². The van der Waals surface area contributed by atoms with Gasteiger partial charge in [0.1, 0.15) is 5.75 Å². The van der Waals surface area contributed by atoms with E-state index in [4.69, 9.17) is 22.1 Å². The smallest absolute Gasteiger partial charge is 0.255 e. The Kier molecular flexibility index (Phi) is 5.96. The molecular formula is C19H23ClN4O2. The van der Waals surface area contributed by atoms with Gasteiger partial charge in [-0.2, -0.15) is 0 Å². The van der Waals surface area contributed by atoms with Crippen molar-refractivity contribution < 1.29 is 9.53 Å². The minimum Gasteiger partial charge on any atom is -0.496 e. The molecule has 1 aliphatic heterocycles. The predicted molar refractivity (Wildman–Crippen MR) is 102 cm³/mol. The topological polar surface area (TPSA) is 80.5 Å². The van der Waals surface area contributed by atoms with Crippen LogP contribution in [0.5, 0.6) is 5.75 Å². The van der Waals surface area contributed by atoms with Gasteiger partial charge < -0.3 is 15.8 Å². The molecule has 1 aliphatic rings. The normalized spacial score (nSPS) is 15.6. The van der Waals surface area contributed by atoms with Crippen LogP contribution in [0.4, 0.5) is 5.69 Å². The van der Waals surface area contributed by atoms with Crippen molar-refractivity contribution in [2.75, 3.05) is 25.9 Å². The first-order valence-corrected chi connectivity index (χ1v) is 9.00. The Morgan fingerprint density at radius 1 is 1.38 bits per heavy atom. The van der Waals surface area contributed by atoms with E-state index in [1.54, 1.807) is 12.1 Å². The van der Waals surface area contributed by atoms with E-state index in [0.29, 0.717) is 22.0 Å². The molecule has 26 heavy (non-hydrogen) atoms. The average Bonchev–Trinajstić information content (AvgIpc) is 2.66. The number of methoxy groups -OCH3 is 1. The van der Waals surface area contributed by atoms with Gasteiger partial charge in [0.2, 0.25) is 0 Å². The number of nitrogens with two attached hydrogens (primary N) is 1. The molecule has 2 aromatic rings. The van der Waals surface area contributed by atoms with Crippen LogP contribution in [-0.4, -0.2) is 42.0 Å². The zero-order chi connectivity index (χ0) is 18.5. The van der Waals surface area contributed by atoms with E-state index in [-0.39, 0.29) is 11.9 Å². The molecule has 1 saturated heterocycles. The van der Waals surface area contributed by atoms with E-state index in [1.807, 2.05) is 24.4 Å². The van der Waals surface area contributed by atoms with Crippen molar-refractivity contribution in [1.29, 1.82) is 0 Å². The first-order chi connectivity index (χ1) is 12.6. The summed E-state index contributed by atoms with van der Waals surface area (Å²) < 4.78 is 5.26. The van der Waals surface area contributed by atoms with Crippen LogP contribution in [0.25, 0.3) is 0 Å². The number of halogens is 1. The Morgan fingerprint density at radius 2 is 2.15 bits per heavy atom. The summed E-state index contributed by atoms with van der Waals surface area (Å²) in [6, 6.07) is 9.21. The highest BCUT2D eigenvalue weighted by atomic mass is 35.5. The zero-order valence-electron chi connectivity index (χ0n) is 14.7. The number of hydrogen-bond donors (Lipinski definition) is 2. The number of likely N-dealkylation sites (tertiary alicyclic amines) is 1. The van der Waals surface area contributed by atoms with Gasteiger partial charge in [-0.1, -0.05) is 17.7 Å². The number of nitrogens with one attached hydrogen (secondary N) is 1. The number of carbonyl (C=O) groups is 1. The summed E-state index contributed by atoms with van der Waals surface area (Å²) in [7, 11) is 1.51. The summed E-state index contributed by atoms with van der Waals surface area (Å²) in [5.74, 6) is 0.240. The average molecular weight is 375 g/mol. The number of anilines is 1. The molecule has 0 bridgehead atoms. The Labute approximate surface area is 158 Å². The summed E-state index contributed by atoms with van der Waals surface area (Å²) in [4.78, 5) is 19.3. The molecule has 138 valence electrons. The number of hydrogen-bond acceptors (Lipinski definition) is 5. The van der Waals surface area contributed by atoms with Crippen molar-refractivity contribution in [3.8, 4) is 5.75 Å². The van der Waals surface area contributed by atoms with Crippen LogP contribution in [0.15, 0.2) is 36.5 Å². The number of carbonyl (C=O) groups excluding carboxylic acids is 1. The fourth-order valence-electron chi connectivity index (χ4n) is 3.13. The van der Waals surface area contributed by atoms with Crippen LogP contribution in [0.1, 0.15) is 28.9 Å². The quantitative estimate of drug-likeness (QED) is 0.786. The van der Waals surface area contributed by atoms with E-state index in [1.165, 1.54) is 7.11 Å². The molecule has 2 heterocycles. The van der Waals surface area contributed by atoms with Crippen LogP contribution >= 0.6 is 11.6 Å². The Hall–Kier alpha value is -2.31. The minimum atomic E-state index is -0.188. The van der Waals surface area contributed by atoms with E-state index >= 15 is 0 Å². The number of piperidine rings is 1. The summed E-state index contributed by atoms with van der Waals surface area (Å²) >= 11 is 6.05. The molecule has 1 amide bonds. The molecule has 1 aromatic carbocycles. The fraction of sp³-hybridized carbons (Fsp3) is 0.368. The summed E-state index contributed by atoms with van der Waals surface area (Å²) in [5.41, 5.74) is 7.64. The number of ether oxygens (including phenoxy) is 1. The molecule has 1 fully saturated rings. The second kappa shape index (κ2) is 8.38. The van der Waals surface area contributed by atoms with E-state index < -0.39 is 0 Å². The third kappa shape index (κ3) is 4.45. The Morgan fingerprint density at radius 3 is 2.81 bits per heavy atom. The monoisotopic (exact) mass is 374 g/mol. The van der Waals surface area contributed by atoms with Gasteiger partial charge in [0.25, 0.3) is 5.91 Å². The van der Waals surface area contributed by atoms with Gasteiger partial charge in [-0.15, -0.1) is 0 Å². The highest BCUT2D eigenvalue weighted by Crippen LogP contribution is 2.29. The fourth-order valence-corrected chi connectivity index (χ4v) is 3.30. The highest BCUT2D eigenvalue weighted by molar-refractivity contribution is 6.33. The Balaban J connectivity index is 1.56. The van der Waals surface area contributed by atoms with Crippen molar-refractivity contribution >= 4 is 23.2 Å². The van der Waals surface area contributed by atoms with Gasteiger partial charge in [0.05, 0.1) is 29.1 Å². The second-order valence-electron chi connectivity index (χ2n) is 6.42. The van der Waals surface area contributed by atoms with Crippen molar-refractivity contribution in [2.45, 2.75) is 25.4 Å². The molecule has 6 nitrogen and oxygen atoms in total. The van der Waals surface area contributed by atoms with Crippen LogP contribution in [0.3, 0.4) is 0 Å². The van der Waals surface area contributed by atoms with Gasteiger partial charge in [0, 0.05) is 37.9 Å². The lowest BCUT2D eigenvalue weighted by molar-refractivity contribution is 0.0905. The summed E-state index contributed by atoms with van der Waals surface area (Å²) in [6.45, 7) is 2.67. The van der Waals surface area contributed by atoms with E-state index in [0.717, 1.165) is 38.2 Å². The van der Waals surface area contributed by atoms with Crippen LogP contribution in [0.2, 0.25) is 5.02 Å². The SMILES string of the molecule is COc1cc(N)c(Cl)cc1C(=O)NC1CCN(Cc2ccccn2)CC1. The first kappa shape index (κ1) is 18.5. The van der Waals surface area contributed by atoms with Gasteiger partial charge in [-0.25, -0.2) is 0 Å². The largest absolute Gasteiger partial charge is 0.496 e. The maximum atomic E-state index is 12.6. The molecule has 0 unspecified atom stereocenters. The maximum Gasteiger partial charge on any atom is 0.255 e. The molecule has 0 atom stereocenters. The van der Waals surface area contributed by atoms with E-state index in [9.17, 15) is 4.79 Å². The van der Waals surface area contributed by atoms with Crippen LogP contribution in [-0.2, 0) is 6.54 Å². The van der Waals surface area contributed by atoms with Gasteiger partial charge >= 0.3 is 0 Å². The predicted octanol–water partition coefficient (Wildman–Crippen LogP) is 2.72. The standard InChI is InChI=1S/C19H23ClN4O2/c1-26-18-11-17(21)16(20)10-15(18)19(25)23-13-5-8-24(9-6-13)12-14-4-2-3-7-22-14/h2-4,7,10-11,13H,5-6,8-9,12,21H2,1H3,(H,23,25). The van der Waals surface area contributed by atoms with Crippen molar-refractivity contribution in [3.63, 3.8) is 0 Å². The number of aromatic nitrogens is 1. The molecule has 0 spiro atoms. The summed E-state index contributed by atoms with van der Waals surface area (Å²) in [6.07, 6.45) is 3.60. The maximum absolute atomic E-state index is 12.6. The molecule has 7 heteroatoms. The molecule has 0 radical (unpaired) electrons. The first-order valence-electron chi connectivity index (χ1n) is 8.63. The number of amides is 1. The Bertz CT molecular complexity index is 762. The zero-order valence-corrected chi connectivity index (χ0v) is 15.5.